The molecule has 19 atom stereocenters. The van der Waals surface area contributed by atoms with Crippen molar-refractivity contribution in [1.29, 1.82) is 5.41 Å². The van der Waals surface area contributed by atoms with Crippen molar-refractivity contribution in [1.82, 2.24) is 20.4 Å². The monoisotopic (exact) mass is 2130 g/mol. The fourth-order valence-electron chi connectivity index (χ4n) is 21.0. The summed E-state index contributed by atoms with van der Waals surface area (Å²) in [5.41, 5.74) is 1.68. The van der Waals surface area contributed by atoms with E-state index >= 15 is 0 Å². The molecular formula is C108H122Cl2N9NaO29S. The van der Waals surface area contributed by atoms with Crippen LogP contribution < -0.4 is 76.5 Å². The van der Waals surface area contributed by atoms with Gasteiger partial charge in [-0.15, -0.1) is 0 Å². The number of nitrogens with zero attached hydrogens (tertiary/aromatic N) is 3. The SMILES string of the molecule is C=C(C)C1[C@H]2OC(=O)[C@@H]1C1(O)C[C@H]3O[C@]34C(=O)O[C@H]2[C@]14C.CC(C)=CCC1=C(O)[C@](O)(CC=C(C)C)C(=O)C(C(=O)CC(C)C)=C1O.CN1CC(=O)NC1=N.COC(=O)C1[C@H]2C[C@H]3C4Nc5ccccc5C4CCN3C[C@@H]2CC[C@@H]1O.Cc1cc(=O)c2c(OCC(O)COc3cccc4o[c-]cc(=O)c34)cccc2o1.O=C(N[C@H](CO)[C@H](O)c1ccc([N+](=O)[O-])cc1)C(Cl)Cl.O=C=O.S=C(Nc1ccccc1)Nc1ccccc1.[Na+]. The fourth-order valence-corrected chi connectivity index (χ4v) is 21.4. The van der Waals surface area contributed by atoms with Crippen molar-refractivity contribution in [2.24, 2.45) is 40.9 Å². The number of allylic oxidation sites excluding steroid dienone is 4. The summed E-state index contributed by atoms with van der Waals surface area (Å²) in [7, 11) is 3.14. The van der Waals surface area contributed by atoms with Crippen molar-refractivity contribution in [2.75, 3.05) is 69.6 Å². The van der Waals surface area contributed by atoms with Crippen molar-refractivity contribution in [3.8, 4) is 11.5 Å². The number of methoxy groups -OCH3 is 1. The maximum absolute atomic E-state index is 12.9. The van der Waals surface area contributed by atoms with E-state index in [2.05, 4.69) is 68.6 Å². The van der Waals surface area contributed by atoms with E-state index in [9.17, 15) is 89.0 Å². The van der Waals surface area contributed by atoms with Crippen LogP contribution in [0.4, 0.5) is 22.7 Å². The number of rotatable bonds is 23. The van der Waals surface area contributed by atoms with Gasteiger partial charge in [0.25, 0.3) is 11.6 Å². The summed E-state index contributed by atoms with van der Waals surface area (Å²) in [6.07, 6.45) is 5.83. The number of nitrogens with one attached hydrogen (secondary N) is 6. The van der Waals surface area contributed by atoms with Crippen molar-refractivity contribution in [2.45, 2.75) is 196 Å². The van der Waals surface area contributed by atoms with E-state index in [-0.39, 0.29) is 150 Å². The number of fused-ring (bicyclic) bond motifs is 12. The summed E-state index contributed by atoms with van der Waals surface area (Å²) in [4.78, 5) is 137. The number of thiocarbonyl (C=S) groups is 1. The minimum atomic E-state index is -2.24. The second-order valence-electron chi connectivity index (χ2n) is 39.1. The molecule has 38 nitrogen and oxygen atoms in total. The first kappa shape index (κ1) is 118. The molecule has 2 amide bonds. The number of hydrogen-bond donors (Lipinski definition) is 14. The third-order valence-corrected chi connectivity index (χ3v) is 28.8. The van der Waals surface area contributed by atoms with Gasteiger partial charge >= 0.3 is 53.6 Å². The number of para-hydroxylation sites is 3. The molecule has 8 aromatic rings. The van der Waals surface area contributed by atoms with Gasteiger partial charge in [-0.2, -0.15) is 9.59 Å². The molecule has 7 aliphatic heterocycles. The topological polar surface area (TPSA) is 568 Å². The first-order valence-corrected chi connectivity index (χ1v) is 49.6. The third-order valence-electron chi connectivity index (χ3n) is 28.2. The van der Waals surface area contributed by atoms with Crippen molar-refractivity contribution < 1.29 is 156 Å². The molecule has 794 valence electrons. The predicted octanol–water partition coefficient (Wildman–Crippen LogP) is 9.04. The summed E-state index contributed by atoms with van der Waals surface area (Å²) in [5.74, 6) is -3.30. The number of hydrogen-bond acceptors (Lipinski definition) is 33. The summed E-state index contributed by atoms with van der Waals surface area (Å²) >= 11 is 15.9. The summed E-state index contributed by atoms with van der Waals surface area (Å²) in [5, 5.41) is 117. The Kier molecular flexibility index (Phi) is 40.0. The van der Waals surface area contributed by atoms with Gasteiger partial charge in [0.05, 0.1) is 65.6 Å². The number of alkyl halides is 2. The average Bonchev–Trinajstić information content (AvgIpc) is 1.44. The van der Waals surface area contributed by atoms with Gasteiger partial charge in [0.1, 0.15) is 82.9 Å². The zero-order valence-electron chi connectivity index (χ0n) is 84.7. The number of piperidine rings is 2. The van der Waals surface area contributed by atoms with E-state index in [4.69, 9.17) is 92.8 Å². The third kappa shape index (κ3) is 25.9. The Bertz CT molecular complexity index is 6590. The Morgan fingerprint density at radius 2 is 1.41 bits per heavy atom. The number of halogens is 2. The number of Topliss-reactive ketones (excluding diaryl/α,β-unsaturated/α-hetero) is 2. The Morgan fingerprint density at radius 3 is 1.97 bits per heavy atom. The maximum atomic E-state index is 12.9. The molecule has 6 unspecified atom stereocenters. The maximum Gasteiger partial charge on any atom is 1.00 e. The van der Waals surface area contributed by atoms with Gasteiger partial charge < -0.3 is 109 Å². The number of likely N-dealkylation sites (N-methyl/N-ethyl adjacent to an activating group) is 1. The number of esters is 3. The summed E-state index contributed by atoms with van der Waals surface area (Å²) in [6, 6.07) is 45.8. The molecule has 4 aliphatic carbocycles. The number of nitro benzene ring substituents is 1. The van der Waals surface area contributed by atoms with Gasteiger partial charge in [0, 0.05) is 103 Å². The number of ketones is 2. The molecule has 9 fully saturated rings. The largest absolute Gasteiger partial charge is 1.00 e. The van der Waals surface area contributed by atoms with Gasteiger partial charge in [0.2, 0.25) is 17.3 Å². The standard InChI is InChI=1S/C22H17O7.C21H28N2O3.C21H30O5.C15H16O6.C13H12N2S.C11H12Cl2N2O5.C4H7N3O.CO2.Na/c1-13-10-16(25)22-19(6-3-7-20(22)29-13)28-12-14(23)11-27-18-5-2-4-17-21(18)15(24)8-9-26-17;1-26-21(25)19-15-10-17-20-14(13-4-2-3-5-16(13)22-20)8-9-23(17)11-12(15)6-7-18(19)24;1-12(2)7-8-15-18(23)17(16(22)11-14(5)6)20(25)21(26,19(15)24)10-9-13(3)4;1-5(2)7-8-11(16)19-9(7)10-13(3)14(8,18)4-6-15(13,21-6)12(17)20-10;16-13(14-11-7-3-1-4-8-11)15-12-9-5-2-6-10-12;12-10(13)11(18)14-8(5-16)9(17)6-1-3-7(4-2-6)15(19)20;1-7-2-3(8)6-4(7)5;2-1-3;/h2-8,10,14,23H,11-12H2,1H3;2-5,12,14-15,17-20,22,24H,6-11H2,1H3;7,9,14,23-24,26H,8,10-11H2,1-6H3;6-10,18H,1,4H2,2-3H3;1-10H,(H2,14,15,16);1-4,8-10,16-17H,5H2,(H,14,18);2H2,1H3,(H2,5,6,8);;/q-1;;;;;;;;+1/t;12-,14?,15-,17-,18-,19?,20?;21-;6-,7?,8-,9-,10-,13-,14?,15+;;8-,9-;;;/m.011.1.../s1. The number of aliphatic hydroxyl groups is 8. The van der Waals surface area contributed by atoms with Gasteiger partial charge in [0.15, 0.2) is 38.8 Å². The fraction of sp³-hybridized carbons (Fsp3) is 0.426. The number of aliphatic hydroxyl groups excluding tert-OH is 6. The molecule has 150 heavy (non-hydrogen) atoms. The molecule has 6 saturated heterocycles. The minimum Gasteiger partial charge on any atom is -0.580 e. The molecule has 3 saturated carbocycles. The van der Waals surface area contributed by atoms with Crippen LogP contribution in [0.25, 0.3) is 21.9 Å². The predicted molar refractivity (Wildman–Crippen MR) is 552 cm³/mol. The van der Waals surface area contributed by atoms with Gasteiger partial charge in [-0.25, -0.2) is 4.79 Å². The molecule has 1 spiro atoms. The van der Waals surface area contributed by atoms with E-state index in [0.717, 1.165) is 60.4 Å². The molecule has 0 radical (unpaired) electrons. The number of anilines is 3. The van der Waals surface area contributed by atoms with E-state index in [1.807, 2.05) is 95.3 Å². The van der Waals surface area contributed by atoms with E-state index in [1.54, 1.807) is 88.2 Å². The first-order chi connectivity index (χ1) is 70.7. The number of benzene rings is 6. The Hall–Kier alpha value is -12.7. The van der Waals surface area contributed by atoms with Crippen LogP contribution in [0.5, 0.6) is 11.5 Å². The minimum absolute atomic E-state index is 0. The molecule has 42 heteroatoms. The number of epoxide rings is 1. The Labute approximate surface area is 901 Å². The number of ether oxygens (including phenoxy) is 6. The molecule has 9 heterocycles. The molecule has 14 N–H and O–H groups in total. The van der Waals surface area contributed by atoms with Gasteiger partial charge in [-0.1, -0.05) is 151 Å². The smallest absolute Gasteiger partial charge is 0.580 e. The van der Waals surface area contributed by atoms with Crippen LogP contribution in [0.3, 0.4) is 0 Å². The van der Waals surface area contributed by atoms with Crippen molar-refractivity contribution in [3.63, 3.8) is 0 Å². The molecule has 19 rings (SSSR count). The number of nitro groups is 1. The number of guanidine groups is 1. The molecule has 6 aromatic carbocycles. The molecule has 2 bridgehead atoms. The Morgan fingerprint density at radius 1 is 0.813 bits per heavy atom. The summed E-state index contributed by atoms with van der Waals surface area (Å²) in [6.45, 7) is 22.0. The second kappa shape index (κ2) is 51.0. The molecular weight excluding hydrogens is 2010 g/mol. The van der Waals surface area contributed by atoms with Crippen LogP contribution in [0, 0.1) is 69.6 Å². The number of carbonyl (C=O) groups is 7. The number of aryl methyl sites for hydroxylation is 1. The van der Waals surface area contributed by atoms with E-state index in [0.29, 0.717) is 75.0 Å². The quantitative estimate of drug-likeness (QED) is 0.00242. The van der Waals surface area contributed by atoms with Crippen molar-refractivity contribution >= 4 is 139 Å². The van der Waals surface area contributed by atoms with Gasteiger partial charge in [-0.3, -0.25) is 59.3 Å². The van der Waals surface area contributed by atoms with Crippen molar-refractivity contribution in [3.05, 3.63) is 270 Å². The zero-order chi connectivity index (χ0) is 109. The normalized spacial score (nSPS) is 25.7. The summed E-state index contributed by atoms with van der Waals surface area (Å²) < 4.78 is 43.6. The van der Waals surface area contributed by atoms with E-state index in [1.165, 1.54) is 61.2 Å². The average molecular weight is 2140 g/mol. The Balaban J connectivity index is 0.000000168. The zero-order valence-corrected chi connectivity index (χ0v) is 89.1. The number of carbonyl (C=O) groups excluding carboxylic acids is 9. The first-order valence-electron chi connectivity index (χ1n) is 48.3. The number of non-ortho nitro benzene ring substituents is 1. The van der Waals surface area contributed by atoms with Crippen LogP contribution in [0.15, 0.2) is 234 Å². The van der Waals surface area contributed by atoms with Crippen LogP contribution in [-0.2, 0) is 62.1 Å². The van der Waals surface area contributed by atoms with E-state index < -0.39 is 128 Å². The number of amides is 2. The molecule has 2 aromatic heterocycles. The van der Waals surface area contributed by atoms with Crippen LogP contribution in [0.2, 0.25) is 0 Å². The van der Waals surface area contributed by atoms with Crippen LogP contribution >= 0.6 is 35.4 Å². The second-order valence-corrected chi connectivity index (χ2v) is 40.6. The van der Waals surface area contributed by atoms with Crippen LogP contribution in [-0.4, -0.2) is 238 Å². The van der Waals surface area contributed by atoms with Gasteiger partial charge in [-0.05, 0) is 201 Å². The molecule has 11 aliphatic rings. The van der Waals surface area contributed by atoms with Crippen LogP contribution in [0.1, 0.15) is 136 Å².